The third-order valence-corrected chi connectivity index (χ3v) is 5.64. The van der Waals surface area contributed by atoms with Gasteiger partial charge in [-0.2, -0.15) is 5.26 Å². The highest BCUT2D eigenvalue weighted by molar-refractivity contribution is 5.79. The van der Waals surface area contributed by atoms with Gasteiger partial charge in [-0.05, 0) is 29.0 Å². The molecule has 5 nitrogen and oxygen atoms in total. The second kappa shape index (κ2) is 6.66. The van der Waals surface area contributed by atoms with Crippen LogP contribution >= 0.6 is 0 Å². The van der Waals surface area contributed by atoms with E-state index in [1.165, 1.54) is 18.2 Å². The predicted octanol–water partition coefficient (Wildman–Crippen LogP) is 4.80. The molecule has 1 heterocycles. The Kier molecular flexibility index (Phi) is 4.64. The molecule has 1 saturated carbocycles. The summed E-state index contributed by atoms with van der Waals surface area (Å²) in [6, 6.07) is 12.4. The van der Waals surface area contributed by atoms with Gasteiger partial charge >= 0.3 is 5.97 Å². The number of hydrogen-bond acceptors (Lipinski definition) is 5. The molecule has 3 rings (SSSR count). The molecule has 1 aliphatic rings. The normalized spacial score (nSPS) is 18.2. The molecule has 27 heavy (non-hydrogen) atoms. The smallest absolute Gasteiger partial charge is 0.311 e. The zero-order chi connectivity index (χ0) is 19.8. The van der Waals surface area contributed by atoms with Crippen molar-refractivity contribution >= 4 is 5.97 Å². The Balaban J connectivity index is 1.75. The highest BCUT2D eigenvalue weighted by atomic mass is 19.1. The van der Waals surface area contributed by atoms with Gasteiger partial charge in [-0.15, -0.1) is 0 Å². The molecule has 1 fully saturated rings. The second-order valence-electron chi connectivity index (χ2n) is 7.78. The van der Waals surface area contributed by atoms with Gasteiger partial charge in [0.1, 0.15) is 17.6 Å². The van der Waals surface area contributed by atoms with Gasteiger partial charge in [0.25, 0.3) is 0 Å². The Labute approximate surface area is 157 Å². The van der Waals surface area contributed by atoms with Gasteiger partial charge in [0.2, 0.25) is 12.0 Å². The zero-order valence-electron chi connectivity index (χ0n) is 15.7. The third-order valence-electron chi connectivity index (χ3n) is 5.64. The Morgan fingerprint density at radius 3 is 2.44 bits per heavy atom. The molecule has 0 spiro atoms. The summed E-state index contributed by atoms with van der Waals surface area (Å²) in [6.45, 7) is 8.02. The van der Waals surface area contributed by atoms with Crippen LogP contribution in [0.3, 0.4) is 0 Å². The molecular formula is C21H21FN2O3. The molecule has 0 radical (unpaired) electrons. The minimum atomic E-state index is -1.14. The standard InChI is InChI=1S/C21H21FN2O3/c1-20(2)18(21(20,3)4)19(25)27-16(12-23)15-9-6-10-17(24-15)26-14-8-5-7-13(22)11-14/h5-11,16,18H,1-4H3. The lowest BCUT2D eigenvalue weighted by molar-refractivity contribution is -0.150. The van der Waals surface area contributed by atoms with Gasteiger partial charge in [-0.3, -0.25) is 4.79 Å². The van der Waals surface area contributed by atoms with Crippen molar-refractivity contribution in [3.05, 3.63) is 54.0 Å². The number of carbonyl (C=O) groups excluding carboxylic acids is 1. The summed E-state index contributed by atoms with van der Waals surface area (Å²) in [5.41, 5.74) is -0.101. The van der Waals surface area contributed by atoms with Crippen molar-refractivity contribution in [2.24, 2.45) is 16.7 Å². The summed E-state index contributed by atoms with van der Waals surface area (Å²) in [6.07, 6.45) is -1.14. The third kappa shape index (κ3) is 3.50. The maximum atomic E-state index is 13.3. The van der Waals surface area contributed by atoms with E-state index < -0.39 is 17.9 Å². The Bertz CT molecular complexity index is 904. The quantitative estimate of drug-likeness (QED) is 0.709. The number of pyridine rings is 1. The summed E-state index contributed by atoms with van der Waals surface area (Å²) in [4.78, 5) is 16.7. The van der Waals surface area contributed by atoms with Crippen LogP contribution in [-0.2, 0) is 9.53 Å². The van der Waals surface area contributed by atoms with E-state index in [9.17, 15) is 14.4 Å². The summed E-state index contributed by atoms with van der Waals surface area (Å²) >= 11 is 0. The van der Waals surface area contributed by atoms with Crippen LogP contribution in [0.1, 0.15) is 39.5 Å². The average Bonchev–Trinajstić information content (AvgIpc) is 3.01. The van der Waals surface area contributed by atoms with Crippen LogP contribution in [0, 0.1) is 33.9 Å². The lowest BCUT2D eigenvalue weighted by Gasteiger charge is -2.13. The first kappa shape index (κ1) is 18.8. The van der Waals surface area contributed by atoms with Gasteiger partial charge in [-0.25, -0.2) is 9.37 Å². The number of carbonyl (C=O) groups is 1. The average molecular weight is 368 g/mol. The van der Waals surface area contributed by atoms with Crippen LogP contribution in [0.5, 0.6) is 11.6 Å². The Hall–Kier alpha value is -2.94. The molecule has 6 heteroatoms. The maximum absolute atomic E-state index is 13.3. The molecule has 1 unspecified atom stereocenters. The molecule has 0 bridgehead atoms. The van der Waals surface area contributed by atoms with E-state index in [4.69, 9.17) is 9.47 Å². The van der Waals surface area contributed by atoms with Gasteiger partial charge in [-0.1, -0.05) is 39.8 Å². The molecule has 1 atom stereocenters. The van der Waals surface area contributed by atoms with Gasteiger partial charge in [0, 0.05) is 12.1 Å². The van der Waals surface area contributed by atoms with Crippen LogP contribution in [0.4, 0.5) is 4.39 Å². The van der Waals surface area contributed by atoms with E-state index in [1.54, 1.807) is 24.3 Å². The minimum Gasteiger partial charge on any atom is -0.440 e. The first-order valence-electron chi connectivity index (χ1n) is 8.67. The highest BCUT2D eigenvalue weighted by Gasteiger charge is 2.69. The first-order chi connectivity index (χ1) is 12.7. The SMILES string of the molecule is CC1(C)C(C(=O)OC(C#N)c2cccc(Oc3cccc(F)c3)n2)C1(C)C. The fourth-order valence-corrected chi connectivity index (χ4v) is 3.41. The van der Waals surface area contributed by atoms with Crippen LogP contribution < -0.4 is 4.74 Å². The van der Waals surface area contributed by atoms with Crippen molar-refractivity contribution in [3.8, 4) is 17.7 Å². The summed E-state index contributed by atoms with van der Waals surface area (Å²) in [5.74, 6) is -0.641. The Morgan fingerprint density at radius 1 is 1.19 bits per heavy atom. The van der Waals surface area contributed by atoms with Crippen LogP contribution in [-0.4, -0.2) is 11.0 Å². The maximum Gasteiger partial charge on any atom is 0.311 e. The molecule has 140 valence electrons. The fourth-order valence-electron chi connectivity index (χ4n) is 3.41. The first-order valence-corrected chi connectivity index (χ1v) is 8.67. The fraction of sp³-hybridized carbons (Fsp3) is 0.381. The molecule has 1 aromatic carbocycles. The van der Waals surface area contributed by atoms with E-state index in [-0.39, 0.29) is 34.1 Å². The number of rotatable bonds is 5. The molecular weight excluding hydrogens is 347 g/mol. The lowest BCUT2D eigenvalue weighted by Crippen LogP contribution is -2.16. The minimum absolute atomic E-state index is 0.181. The predicted molar refractivity (Wildman–Crippen MR) is 96.2 cm³/mol. The van der Waals surface area contributed by atoms with Crippen LogP contribution in [0.25, 0.3) is 0 Å². The number of halogens is 1. The molecule has 1 aromatic heterocycles. The zero-order valence-corrected chi connectivity index (χ0v) is 15.7. The van der Waals surface area contributed by atoms with Crippen molar-refractivity contribution in [2.75, 3.05) is 0 Å². The monoisotopic (exact) mass is 368 g/mol. The number of ether oxygens (including phenoxy) is 2. The van der Waals surface area contributed by atoms with Crippen molar-refractivity contribution in [3.63, 3.8) is 0 Å². The largest absolute Gasteiger partial charge is 0.440 e. The van der Waals surface area contributed by atoms with Crippen molar-refractivity contribution in [2.45, 2.75) is 33.8 Å². The number of nitriles is 1. The molecule has 2 aromatic rings. The van der Waals surface area contributed by atoms with Crippen LogP contribution in [0.15, 0.2) is 42.5 Å². The van der Waals surface area contributed by atoms with E-state index in [0.717, 1.165) is 0 Å². The number of esters is 1. The summed E-state index contributed by atoms with van der Waals surface area (Å²) < 4.78 is 24.2. The molecule has 0 N–H and O–H groups in total. The lowest BCUT2D eigenvalue weighted by atomic mass is 10.0. The van der Waals surface area contributed by atoms with E-state index in [2.05, 4.69) is 4.98 Å². The van der Waals surface area contributed by atoms with E-state index in [1.807, 2.05) is 33.8 Å². The highest BCUT2D eigenvalue weighted by Crippen LogP contribution is 2.68. The van der Waals surface area contributed by atoms with E-state index in [0.29, 0.717) is 0 Å². The number of aromatic nitrogens is 1. The topological polar surface area (TPSA) is 72.2 Å². The van der Waals surface area contributed by atoms with Gasteiger partial charge in [0.15, 0.2) is 0 Å². The van der Waals surface area contributed by atoms with Crippen molar-refractivity contribution in [1.29, 1.82) is 5.26 Å². The number of hydrogen-bond donors (Lipinski definition) is 0. The second-order valence-corrected chi connectivity index (χ2v) is 7.78. The molecule has 0 amide bonds. The molecule has 1 aliphatic carbocycles. The van der Waals surface area contributed by atoms with Gasteiger partial charge < -0.3 is 9.47 Å². The Morgan fingerprint density at radius 2 is 1.85 bits per heavy atom. The van der Waals surface area contributed by atoms with Crippen molar-refractivity contribution < 1.29 is 18.7 Å². The van der Waals surface area contributed by atoms with Gasteiger partial charge in [0.05, 0.1) is 11.6 Å². The molecule has 0 saturated heterocycles. The summed E-state index contributed by atoms with van der Waals surface area (Å²) in [7, 11) is 0. The number of benzene rings is 1. The summed E-state index contributed by atoms with van der Waals surface area (Å²) in [5, 5.41) is 9.45. The van der Waals surface area contributed by atoms with E-state index >= 15 is 0 Å². The van der Waals surface area contributed by atoms with Crippen LogP contribution in [0.2, 0.25) is 0 Å². The molecule has 0 aliphatic heterocycles. The van der Waals surface area contributed by atoms with Crippen molar-refractivity contribution in [1.82, 2.24) is 4.98 Å². The number of nitrogens with zero attached hydrogens (tertiary/aromatic N) is 2.